The molecular formula is C20H23ClFN3O4S. The van der Waals surface area contributed by atoms with Crippen LogP contribution < -0.4 is 14.4 Å². The number of hydrogen-bond acceptors (Lipinski definition) is 5. The molecule has 0 radical (unpaired) electrons. The van der Waals surface area contributed by atoms with Crippen molar-refractivity contribution >= 4 is 33.2 Å². The van der Waals surface area contributed by atoms with Crippen LogP contribution in [0.3, 0.4) is 0 Å². The summed E-state index contributed by atoms with van der Waals surface area (Å²) < 4.78 is 46.6. The average Bonchev–Trinajstić information content (AvgIpc) is 2.73. The van der Waals surface area contributed by atoms with Gasteiger partial charge in [0.15, 0.2) is 0 Å². The molecule has 3 rings (SSSR count). The van der Waals surface area contributed by atoms with Gasteiger partial charge in [0.05, 0.1) is 28.8 Å². The van der Waals surface area contributed by atoms with Gasteiger partial charge in [0, 0.05) is 26.2 Å². The van der Waals surface area contributed by atoms with E-state index in [1.165, 1.54) is 38.3 Å². The number of sulfonamides is 1. The molecule has 1 aliphatic rings. The minimum absolute atomic E-state index is 0.0580. The predicted octanol–water partition coefficient (Wildman–Crippen LogP) is 2.50. The molecule has 1 N–H and O–H groups in total. The number of rotatable bonds is 6. The maximum absolute atomic E-state index is 14.0. The van der Waals surface area contributed by atoms with Crippen LogP contribution in [0.25, 0.3) is 0 Å². The number of para-hydroxylation sites is 1. The highest BCUT2D eigenvalue weighted by Gasteiger charge is 2.29. The minimum Gasteiger partial charge on any atom is -0.495 e. The molecule has 0 saturated carbocycles. The number of carbonyl (C=O) groups excluding carboxylic acids is 1. The Labute approximate surface area is 180 Å². The zero-order valence-corrected chi connectivity index (χ0v) is 18.2. The topological polar surface area (TPSA) is 78.9 Å². The molecule has 1 aliphatic heterocycles. The van der Waals surface area contributed by atoms with Gasteiger partial charge in [0.1, 0.15) is 11.6 Å². The number of benzene rings is 2. The molecule has 7 nitrogen and oxygen atoms in total. The minimum atomic E-state index is -3.95. The van der Waals surface area contributed by atoms with E-state index in [-0.39, 0.29) is 21.6 Å². The number of anilines is 1. The Bertz CT molecular complexity index is 1030. The standard InChI is InChI=1S/C20H23ClFN3O4S/c1-14(23-30(27,28)15-7-8-19(29-2)16(21)13-15)20(26)25-11-9-24(10-12-25)18-6-4-3-5-17(18)22/h3-8,13-14,23H,9-12H2,1-2H3/t14-/m1/s1. The van der Waals surface area contributed by atoms with Gasteiger partial charge in [-0.05, 0) is 37.3 Å². The van der Waals surface area contributed by atoms with Crippen molar-refractivity contribution in [1.82, 2.24) is 9.62 Å². The maximum atomic E-state index is 14.0. The Morgan fingerprint density at radius 1 is 1.17 bits per heavy atom. The molecule has 1 atom stereocenters. The van der Waals surface area contributed by atoms with E-state index in [2.05, 4.69) is 4.72 Å². The van der Waals surface area contributed by atoms with Gasteiger partial charge in [-0.2, -0.15) is 4.72 Å². The summed E-state index contributed by atoms with van der Waals surface area (Å²) in [5.41, 5.74) is 0.495. The fourth-order valence-electron chi connectivity index (χ4n) is 3.32. The van der Waals surface area contributed by atoms with Crippen LogP contribution in [0, 0.1) is 5.82 Å². The first kappa shape index (κ1) is 22.3. The lowest BCUT2D eigenvalue weighted by atomic mass is 10.2. The van der Waals surface area contributed by atoms with Crippen LogP contribution in [0.2, 0.25) is 5.02 Å². The summed E-state index contributed by atoms with van der Waals surface area (Å²) in [6.07, 6.45) is 0. The lowest BCUT2D eigenvalue weighted by molar-refractivity contribution is -0.132. The highest BCUT2D eigenvalue weighted by atomic mass is 35.5. The van der Waals surface area contributed by atoms with E-state index in [0.717, 1.165) is 0 Å². The van der Waals surface area contributed by atoms with Crippen molar-refractivity contribution < 1.29 is 22.3 Å². The zero-order chi connectivity index (χ0) is 21.9. The molecule has 2 aromatic carbocycles. The van der Waals surface area contributed by atoms with E-state index in [0.29, 0.717) is 37.6 Å². The number of hydrogen-bond donors (Lipinski definition) is 1. The van der Waals surface area contributed by atoms with Crippen molar-refractivity contribution in [2.24, 2.45) is 0 Å². The van der Waals surface area contributed by atoms with Crippen LogP contribution in [0.5, 0.6) is 5.75 Å². The second-order valence-corrected chi connectivity index (χ2v) is 9.02. The van der Waals surface area contributed by atoms with Gasteiger partial charge < -0.3 is 14.5 Å². The second kappa shape index (κ2) is 9.20. The third-order valence-electron chi connectivity index (χ3n) is 4.92. The molecule has 1 fully saturated rings. The molecule has 10 heteroatoms. The smallest absolute Gasteiger partial charge is 0.241 e. The monoisotopic (exact) mass is 455 g/mol. The van der Waals surface area contributed by atoms with Crippen LogP contribution in [0.4, 0.5) is 10.1 Å². The highest BCUT2D eigenvalue weighted by Crippen LogP contribution is 2.27. The Kier molecular flexibility index (Phi) is 6.84. The first-order chi connectivity index (χ1) is 14.2. The van der Waals surface area contributed by atoms with Crippen molar-refractivity contribution in [2.45, 2.75) is 17.9 Å². The predicted molar refractivity (Wildman–Crippen MR) is 113 cm³/mol. The van der Waals surface area contributed by atoms with E-state index < -0.39 is 16.1 Å². The van der Waals surface area contributed by atoms with Crippen molar-refractivity contribution in [3.05, 3.63) is 53.3 Å². The summed E-state index contributed by atoms with van der Waals surface area (Å²) in [5, 5.41) is 0.156. The van der Waals surface area contributed by atoms with Gasteiger partial charge in [-0.3, -0.25) is 4.79 Å². The molecule has 1 heterocycles. The van der Waals surface area contributed by atoms with Gasteiger partial charge in [0.2, 0.25) is 15.9 Å². The van der Waals surface area contributed by atoms with Gasteiger partial charge in [-0.15, -0.1) is 0 Å². The average molecular weight is 456 g/mol. The number of ether oxygens (including phenoxy) is 1. The Morgan fingerprint density at radius 3 is 2.43 bits per heavy atom. The first-order valence-corrected chi connectivity index (χ1v) is 11.2. The number of carbonyl (C=O) groups is 1. The summed E-state index contributed by atoms with van der Waals surface area (Å²) in [4.78, 5) is 16.1. The van der Waals surface area contributed by atoms with Gasteiger partial charge in [-0.25, -0.2) is 12.8 Å². The van der Waals surface area contributed by atoms with E-state index in [4.69, 9.17) is 16.3 Å². The van der Waals surface area contributed by atoms with Crippen LogP contribution in [-0.2, 0) is 14.8 Å². The van der Waals surface area contributed by atoms with Gasteiger partial charge in [0.25, 0.3) is 0 Å². The molecule has 0 spiro atoms. The lowest BCUT2D eigenvalue weighted by Crippen LogP contribution is -2.54. The molecule has 2 aromatic rings. The molecule has 1 amide bonds. The fraction of sp³-hybridized carbons (Fsp3) is 0.350. The number of halogens is 2. The molecule has 0 aromatic heterocycles. The third kappa shape index (κ3) is 4.85. The van der Waals surface area contributed by atoms with Crippen molar-refractivity contribution in [3.8, 4) is 5.75 Å². The molecule has 0 bridgehead atoms. The maximum Gasteiger partial charge on any atom is 0.241 e. The number of methoxy groups -OCH3 is 1. The normalized spacial score (nSPS) is 15.7. The van der Waals surface area contributed by atoms with Crippen LogP contribution in [0.1, 0.15) is 6.92 Å². The zero-order valence-electron chi connectivity index (χ0n) is 16.6. The highest BCUT2D eigenvalue weighted by molar-refractivity contribution is 7.89. The van der Waals surface area contributed by atoms with Crippen molar-refractivity contribution in [1.29, 1.82) is 0 Å². The Balaban J connectivity index is 1.62. The number of nitrogens with one attached hydrogen (secondary N) is 1. The van der Waals surface area contributed by atoms with E-state index in [9.17, 15) is 17.6 Å². The molecule has 0 aliphatic carbocycles. The van der Waals surface area contributed by atoms with Crippen molar-refractivity contribution in [3.63, 3.8) is 0 Å². The van der Waals surface area contributed by atoms with Gasteiger partial charge >= 0.3 is 0 Å². The summed E-state index contributed by atoms with van der Waals surface area (Å²) in [5.74, 6) is -0.296. The third-order valence-corrected chi connectivity index (χ3v) is 6.75. The SMILES string of the molecule is COc1ccc(S(=O)(=O)N[C@H](C)C(=O)N2CCN(c3ccccc3F)CC2)cc1Cl. The fourth-order valence-corrected chi connectivity index (χ4v) is 4.86. The molecule has 1 saturated heterocycles. The number of amides is 1. The lowest BCUT2D eigenvalue weighted by Gasteiger charge is -2.37. The van der Waals surface area contributed by atoms with E-state index in [1.54, 1.807) is 23.1 Å². The molecule has 30 heavy (non-hydrogen) atoms. The van der Waals surface area contributed by atoms with Crippen LogP contribution in [0.15, 0.2) is 47.4 Å². The van der Waals surface area contributed by atoms with Gasteiger partial charge in [-0.1, -0.05) is 23.7 Å². The summed E-state index contributed by atoms with van der Waals surface area (Å²) in [7, 11) is -2.52. The molecular weight excluding hydrogens is 433 g/mol. The first-order valence-electron chi connectivity index (χ1n) is 9.37. The van der Waals surface area contributed by atoms with Crippen molar-refractivity contribution in [2.75, 3.05) is 38.2 Å². The number of nitrogens with zero attached hydrogens (tertiary/aromatic N) is 2. The van der Waals surface area contributed by atoms with E-state index in [1.807, 2.05) is 4.90 Å². The second-order valence-electron chi connectivity index (χ2n) is 6.90. The summed E-state index contributed by atoms with van der Waals surface area (Å²) >= 11 is 6.01. The Morgan fingerprint density at radius 2 is 1.83 bits per heavy atom. The molecule has 162 valence electrons. The van der Waals surface area contributed by atoms with Crippen LogP contribution in [-0.4, -0.2) is 58.6 Å². The molecule has 0 unspecified atom stereocenters. The van der Waals surface area contributed by atoms with E-state index >= 15 is 0 Å². The largest absolute Gasteiger partial charge is 0.495 e. The quantitative estimate of drug-likeness (QED) is 0.724. The van der Waals surface area contributed by atoms with Crippen LogP contribution >= 0.6 is 11.6 Å². The Hall–Kier alpha value is -2.36. The summed E-state index contributed by atoms with van der Waals surface area (Å²) in [6, 6.07) is 9.60. The summed E-state index contributed by atoms with van der Waals surface area (Å²) in [6.45, 7) is 3.15. The number of piperazine rings is 1.